The molecule has 0 unspecified atom stereocenters. The first kappa shape index (κ1) is 6.60. The SMILES string of the molecule is c1ccc2c(c1)nc1cocc[n+]2-1. The summed E-state index contributed by atoms with van der Waals surface area (Å²) in [5, 5.41) is 0. The van der Waals surface area contributed by atoms with Gasteiger partial charge in [-0.2, -0.15) is 4.57 Å². The molecule has 13 heavy (non-hydrogen) atoms. The lowest BCUT2D eigenvalue weighted by Crippen LogP contribution is -2.28. The molecule has 2 aliphatic heterocycles. The largest absolute Gasteiger partial charge is 0.460 e. The van der Waals surface area contributed by atoms with E-state index in [9.17, 15) is 0 Å². The van der Waals surface area contributed by atoms with E-state index >= 15 is 0 Å². The van der Waals surface area contributed by atoms with E-state index in [-0.39, 0.29) is 0 Å². The third kappa shape index (κ3) is 0.839. The molecular formula is C10H7N2O+. The van der Waals surface area contributed by atoms with Crippen LogP contribution in [0.1, 0.15) is 0 Å². The molecule has 0 bridgehead atoms. The van der Waals surface area contributed by atoms with Gasteiger partial charge in [-0.15, -0.1) is 0 Å². The number of imidazole rings is 1. The molecule has 0 spiro atoms. The summed E-state index contributed by atoms with van der Waals surface area (Å²) < 4.78 is 7.04. The lowest BCUT2D eigenvalue weighted by atomic mass is 10.3. The maximum absolute atomic E-state index is 5.04. The molecule has 62 valence electrons. The summed E-state index contributed by atoms with van der Waals surface area (Å²) in [5.74, 6) is 0.837. The maximum Gasteiger partial charge on any atom is 0.364 e. The van der Waals surface area contributed by atoms with E-state index in [4.69, 9.17) is 4.42 Å². The van der Waals surface area contributed by atoms with E-state index in [0.717, 1.165) is 16.9 Å². The normalized spacial score (nSPS) is 11.1. The number of fused-ring (bicyclic) bond motifs is 3. The van der Waals surface area contributed by atoms with Crippen LogP contribution in [-0.4, -0.2) is 4.98 Å². The first-order valence-electron chi connectivity index (χ1n) is 4.07. The minimum atomic E-state index is 0.837. The van der Waals surface area contributed by atoms with Crippen molar-refractivity contribution in [3.8, 4) is 5.82 Å². The van der Waals surface area contributed by atoms with Gasteiger partial charge in [-0.1, -0.05) is 12.1 Å². The Morgan fingerprint density at radius 2 is 2.15 bits per heavy atom. The Morgan fingerprint density at radius 1 is 1.23 bits per heavy atom. The highest BCUT2D eigenvalue weighted by Crippen LogP contribution is 2.11. The zero-order valence-corrected chi connectivity index (χ0v) is 6.84. The van der Waals surface area contributed by atoms with Crippen molar-refractivity contribution in [1.29, 1.82) is 0 Å². The molecule has 0 aliphatic carbocycles. The van der Waals surface area contributed by atoms with Crippen LogP contribution in [0.3, 0.4) is 0 Å². The van der Waals surface area contributed by atoms with Gasteiger partial charge in [0.1, 0.15) is 12.5 Å². The highest BCUT2D eigenvalue weighted by atomic mass is 16.3. The molecule has 0 aromatic heterocycles. The minimum Gasteiger partial charge on any atom is -0.460 e. The van der Waals surface area contributed by atoms with Gasteiger partial charge in [-0.05, 0) is 17.1 Å². The molecule has 2 heterocycles. The molecule has 0 saturated heterocycles. The van der Waals surface area contributed by atoms with Crippen LogP contribution in [0.2, 0.25) is 0 Å². The first-order valence-corrected chi connectivity index (χ1v) is 4.07. The van der Waals surface area contributed by atoms with Crippen molar-refractivity contribution >= 4 is 11.0 Å². The average Bonchev–Trinajstić information content (AvgIpc) is 2.56. The summed E-state index contributed by atoms with van der Waals surface area (Å²) in [4.78, 5) is 4.38. The number of para-hydroxylation sites is 2. The fourth-order valence-corrected chi connectivity index (χ4v) is 1.50. The minimum absolute atomic E-state index is 0.837. The molecule has 3 heteroatoms. The standard InChI is InChI=1S/C10H7N2O/c1-2-4-9-8(3-1)11-10-7-13-6-5-12(9)10/h1-7H/q+1. The van der Waals surface area contributed by atoms with Crippen molar-refractivity contribution in [3.05, 3.63) is 43.0 Å². The second-order valence-corrected chi connectivity index (χ2v) is 2.87. The predicted octanol–water partition coefficient (Wildman–Crippen LogP) is 1.54. The average molecular weight is 171 g/mol. The number of rotatable bonds is 0. The highest BCUT2D eigenvalue weighted by Gasteiger charge is 2.19. The summed E-state index contributed by atoms with van der Waals surface area (Å²) in [5.41, 5.74) is 2.09. The maximum atomic E-state index is 5.04. The van der Waals surface area contributed by atoms with Crippen molar-refractivity contribution < 1.29 is 8.98 Å². The topological polar surface area (TPSA) is 29.9 Å². The molecule has 0 radical (unpaired) electrons. The molecule has 1 aromatic rings. The Kier molecular flexibility index (Phi) is 1.16. The fourth-order valence-electron chi connectivity index (χ4n) is 1.50. The molecule has 0 saturated carbocycles. The third-order valence-corrected chi connectivity index (χ3v) is 2.09. The second kappa shape index (κ2) is 2.29. The van der Waals surface area contributed by atoms with Crippen molar-refractivity contribution in [2.75, 3.05) is 0 Å². The molecule has 1 aromatic carbocycles. The van der Waals surface area contributed by atoms with Gasteiger partial charge in [0.2, 0.25) is 5.52 Å². The van der Waals surface area contributed by atoms with E-state index in [1.807, 2.05) is 35.0 Å². The van der Waals surface area contributed by atoms with Gasteiger partial charge in [0.15, 0.2) is 11.8 Å². The molecule has 0 fully saturated rings. The first-order chi connectivity index (χ1) is 6.45. The van der Waals surface area contributed by atoms with E-state index < -0.39 is 0 Å². The summed E-state index contributed by atoms with van der Waals surface area (Å²) in [7, 11) is 0. The Labute approximate surface area is 74.6 Å². The van der Waals surface area contributed by atoms with Gasteiger partial charge in [0, 0.05) is 0 Å². The number of nitrogens with zero attached hydrogens (tertiary/aromatic N) is 2. The van der Waals surface area contributed by atoms with E-state index in [1.165, 1.54) is 0 Å². The summed E-state index contributed by atoms with van der Waals surface area (Å²) in [6.07, 6.45) is 5.14. The molecule has 2 aliphatic rings. The van der Waals surface area contributed by atoms with Crippen LogP contribution in [0.4, 0.5) is 0 Å². The Morgan fingerprint density at radius 3 is 3.15 bits per heavy atom. The van der Waals surface area contributed by atoms with Gasteiger partial charge in [0.05, 0.1) is 0 Å². The van der Waals surface area contributed by atoms with Gasteiger partial charge >= 0.3 is 5.82 Å². The zero-order valence-electron chi connectivity index (χ0n) is 6.84. The number of hydrogen-bond acceptors (Lipinski definition) is 2. The van der Waals surface area contributed by atoms with Crippen LogP contribution < -0.4 is 4.57 Å². The molecule has 3 nitrogen and oxygen atoms in total. The number of hydrogen-bond donors (Lipinski definition) is 0. The van der Waals surface area contributed by atoms with Crippen LogP contribution >= 0.6 is 0 Å². The van der Waals surface area contributed by atoms with Gasteiger partial charge in [0.25, 0.3) is 0 Å². The zero-order chi connectivity index (χ0) is 8.67. The fraction of sp³-hybridized carbons (Fsp3) is 0. The van der Waals surface area contributed by atoms with Crippen molar-refractivity contribution in [2.24, 2.45) is 0 Å². The smallest absolute Gasteiger partial charge is 0.364 e. The predicted molar refractivity (Wildman–Crippen MR) is 46.7 cm³/mol. The quantitative estimate of drug-likeness (QED) is 0.480. The molecule has 0 atom stereocenters. The lowest BCUT2D eigenvalue weighted by Gasteiger charge is -1.89. The number of aromatic nitrogens is 2. The molecular weight excluding hydrogens is 164 g/mol. The van der Waals surface area contributed by atoms with Gasteiger partial charge in [-0.25, -0.2) is 0 Å². The van der Waals surface area contributed by atoms with Crippen LogP contribution in [0, 0.1) is 0 Å². The Bertz CT molecular complexity index is 529. The van der Waals surface area contributed by atoms with Crippen molar-refractivity contribution in [2.45, 2.75) is 0 Å². The van der Waals surface area contributed by atoms with Gasteiger partial charge in [-0.3, -0.25) is 0 Å². The third-order valence-electron chi connectivity index (χ3n) is 2.09. The van der Waals surface area contributed by atoms with E-state index in [2.05, 4.69) is 4.98 Å². The summed E-state index contributed by atoms with van der Waals surface area (Å²) in [6, 6.07) is 8.00. The summed E-state index contributed by atoms with van der Waals surface area (Å²) >= 11 is 0. The van der Waals surface area contributed by atoms with Crippen LogP contribution in [-0.2, 0) is 0 Å². The lowest BCUT2D eigenvalue weighted by molar-refractivity contribution is -0.570. The Balaban J connectivity index is 2.56. The monoisotopic (exact) mass is 171 g/mol. The van der Waals surface area contributed by atoms with Crippen LogP contribution in [0.15, 0.2) is 47.4 Å². The van der Waals surface area contributed by atoms with Crippen molar-refractivity contribution in [3.63, 3.8) is 0 Å². The summed E-state index contributed by atoms with van der Waals surface area (Å²) in [6.45, 7) is 0. The van der Waals surface area contributed by atoms with Crippen LogP contribution in [0.5, 0.6) is 0 Å². The molecule has 3 rings (SSSR count). The van der Waals surface area contributed by atoms with E-state index in [0.29, 0.717) is 0 Å². The van der Waals surface area contributed by atoms with E-state index in [1.54, 1.807) is 12.5 Å². The molecule has 0 amide bonds. The van der Waals surface area contributed by atoms with Crippen molar-refractivity contribution in [1.82, 2.24) is 4.98 Å². The second-order valence-electron chi connectivity index (χ2n) is 2.87. The van der Waals surface area contributed by atoms with Crippen LogP contribution in [0.25, 0.3) is 16.9 Å². The highest BCUT2D eigenvalue weighted by molar-refractivity contribution is 5.72. The van der Waals surface area contributed by atoms with Gasteiger partial charge < -0.3 is 4.42 Å². The Hall–Kier alpha value is -1.90. The molecule has 0 N–H and O–H groups in total. The number of benzene rings is 1.